The molecular formula is C28H34O5Si. The zero-order valence-corrected chi connectivity index (χ0v) is 20.8. The second-order valence-electron chi connectivity index (χ2n) is 8.47. The van der Waals surface area contributed by atoms with Crippen molar-refractivity contribution in [1.82, 2.24) is 0 Å². The van der Waals surface area contributed by atoms with Gasteiger partial charge in [0.15, 0.2) is 0 Å². The van der Waals surface area contributed by atoms with E-state index in [2.05, 4.69) is 6.92 Å². The van der Waals surface area contributed by atoms with Crippen LogP contribution in [0.2, 0.25) is 6.04 Å². The summed E-state index contributed by atoms with van der Waals surface area (Å²) in [6.45, 7) is 4.41. The lowest BCUT2D eigenvalue weighted by molar-refractivity contribution is -0.103. The summed E-state index contributed by atoms with van der Waals surface area (Å²) >= 11 is 0. The van der Waals surface area contributed by atoms with Gasteiger partial charge in [0, 0.05) is 19.1 Å². The first-order valence-corrected chi connectivity index (χ1v) is 14.1. The maximum Gasteiger partial charge on any atom is 0.699 e. The molecule has 0 amide bonds. The molecule has 180 valence electrons. The van der Waals surface area contributed by atoms with Crippen LogP contribution in [0.15, 0.2) is 91.0 Å². The SMILES string of the molecule is CCC(COCCC[Si](Oc1ccccc1)(Oc1ccccc1)Oc1ccccc1)C1CCO1. The molecule has 1 saturated heterocycles. The van der Waals surface area contributed by atoms with Crippen LogP contribution in [-0.2, 0) is 9.47 Å². The molecule has 5 nitrogen and oxygen atoms in total. The smallest absolute Gasteiger partial charge is 0.483 e. The van der Waals surface area contributed by atoms with E-state index in [4.69, 9.17) is 22.8 Å². The van der Waals surface area contributed by atoms with E-state index in [1.165, 1.54) is 0 Å². The van der Waals surface area contributed by atoms with Crippen LogP contribution in [0.3, 0.4) is 0 Å². The van der Waals surface area contributed by atoms with Crippen molar-refractivity contribution in [2.45, 2.75) is 38.3 Å². The van der Waals surface area contributed by atoms with E-state index in [9.17, 15) is 0 Å². The summed E-state index contributed by atoms with van der Waals surface area (Å²) in [5.41, 5.74) is 0. The minimum atomic E-state index is -3.23. The van der Waals surface area contributed by atoms with Gasteiger partial charge < -0.3 is 22.8 Å². The summed E-state index contributed by atoms with van der Waals surface area (Å²) in [6.07, 6.45) is 3.32. The average Bonchev–Trinajstić information content (AvgIpc) is 2.84. The third-order valence-electron chi connectivity index (χ3n) is 5.94. The van der Waals surface area contributed by atoms with Gasteiger partial charge in [0.2, 0.25) is 0 Å². The minimum Gasteiger partial charge on any atom is -0.483 e. The zero-order chi connectivity index (χ0) is 23.5. The molecule has 0 radical (unpaired) electrons. The number of hydrogen-bond acceptors (Lipinski definition) is 5. The molecule has 0 aliphatic carbocycles. The van der Waals surface area contributed by atoms with E-state index in [1.807, 2.05) is 91.0 Å². The lowest BCUT2D eigenvalue weighted by Crippen LogP contribution is -2.55. The van der Waals surface area contributed by atoms with Gasteiger partial charge in [0.1, 0.15) is 17.2 Å². The Morgan fingerprint density at radius 1 is 0.794 bits per heavy atom. The highest BCUT2D eigenvalue weighted by molar-refractivity contribution is 6.63. The second kappa shape index (κ2) is 12.6. The molecule has 0 N–H and O–H groups in total. The Morgan fingerprint density at radius 3 is 1.65 bits per heavy atom. The molecule has 0 aromatic heterocycles. The Morgan fingerprint density at radius 2 is 1.26 bits per heavy atom. The standard InChI is InChI=1S/C28H34O5Si/c1-2-24(28-19-21-30-28)23-29-20-12-22-34(31-25-13-6-3-7-14-25,32-26-15-8-4-9-16-26)33-27-17-10-5-11-18-27/h3-11,13-18,24,28H,2,12,19-23H2,1H3. The van der Waals surface area contributed by atoms with Crippen LogP contribution in [0.1, 0.15) is 26.2 Å². The molecule has 0 spiro atoms. The number of rotatable bonds is 14. The van der Waals surface area contributed by atoms with Crippen LogP contribution in [0.4, 0.5) is 0 Å². The molecule has 4 rings (SSSR count). The normalized spacial score (nSPS) is 16.3. The summed E-state index contributed by atoms with van der Waals surface area (Å²) in [7, 11) is -3.23. The van der Waals surface area contributed by atoms with Gasteiger partial charge in [-0.2, -0.15) is 0 Å². The average molecular weight is 479 g/mol. The Hall–Kier alpha value is -2.80. The lowest BCUT2D eigenvalue weighted by Gasteiger charge is -2.33. The van der Waals surface area contributed by atoms with Crippen LogP contribution in [0, 0.1) is 5.92 Å². The number of hydrogen-bond donors (Lipinski definition) is 0. The third-order valence-corrected chi connectivity index (χ3v) is 8.54. The highest BCUT2D eigenvalue weighted by atomic mass is 28.4. The van der Waals surface area contributed by atoms with E-state index >= 15 is 0 Å². The highest BCUT2D eigenvalue weighted by Gasteiger charge is 2.48. The molecule has 0 saturated carbocycles. The molecule has 1 aliphatic rings. The first-order valence-electron chi connectivity index (χ1n) is 12.2. The topological polar surface area (TPSA) is 46.2 Å². The molecule has 3 aromatic carbocycles. The maximum atomic E-state index is 6.54. The van der Waals surface area contributed by atoms with Crippen molar-refractivity contribution in [2.24, 2.45) is 5.92 Å². The Kier molecular flexibility index (Phi) is 9.02. The molecule has 6 heteroatoms. The molecule has 1 aliphatic heterocycles. The zero-order valence-electron chi connectivity index (χ0n) is 19.8. The van der Waals surface area contributed by atoms with Crippen molar-refractivity contribution in [2.75, 3.05) is 19.8 Å². The monoisotopic (exact) mass is 478 g/mol. The quantitative estimate of drug-likeness (QED) is 0.199. The summed E-state index contributed by atoms with van der Waals surface area (Å²) in [5, 5.41) is 0. The van der Waals surface area contributed by atoms with Crippen molar-refractivity contribution in [1.29, 1.82) is 0 Å². The van der Waals surface area contributed by atoms with E-state index in [0.29, 0.717) is 31.3 Å². The van der Waals surface area contributed by atoms with E-state index in [0.717, 1.165) is 43.1 Å². The van der Waals surface area contributed by atoms with Crippen LogP contribution in [0.25, 0.3) is 0 Å². The lowest BCUT2D eigenvalue weighted by atomic mass is 9.95. The molecule has 1 heterocycles. The molecule has 2 atom stereocenters. The predicted octanol–water partition coefficient (Wildman–Crippen LogP) is 6.38. The molecular weight excluding hydrogens is 444 g/mol. The maximum absolute atomic E-state index is 6.54. The van der Waals surface area contributed by atoms with Crippen LogP contribution in [-0.4, -0.2) is 34.7 Å². The Labute approximate surface area is 204 Å². The fraction of sp³-hybridized carbons (Fsp3) is 0.357. The Bertz CT molecular complexity index is 849. The number of para-hydroxylation sites is 3. The predicted molar refractivity (Wildman–Crippen MR) is 135 cm³/mol. The molecule has 0 bridgehead atoms. The van der Waals surface area contributed by atoms with Gasteiger partial charge in [0.05, 0.1) is 18.8 Å². The molecule has 3 aromatic rings. The van der Waals surface area contributed by atoms with Crippen molar-refractivity contribution >= 4 is 8.80 Å². The van der Waals surface area contributed by atoms with Crippen LogP contribution in [0.5, 0.6) is 17.2 Å². The van der Waals surface area contributed by atoms with Crippen molar-refractivity contribution in [3.8, 4) is 17.2 Å². The third kappa shape index (κ3) is 7.10. The van der Waals surface area contributed by atoms with Gasteiger partial charge in [-0.1, -0.05) is 61.5 Å². The van der Waals surface area contributed by atoms with Gasteiger partial charge in [-0.3, -0.25) is 0 Å². The van der Waals surface area contributed by atoms with Crippen LogP contribution >= 0.6 is 0 Å². The van der Waals surface area contributed by atoms with Gasteiger partial charge >= 0.3 is 8.80 Å². The van der Waals surface area contributed by atoms with E-state index < -0.39 is 8.80 Å². The summed E-state index contributed by atoms with van der Waals surface area (Å²) in [4.78, 5) is 0. The van der Waals surface area contributed by atoms with Gasteiger partial charge in [-0.05, 0) is 55.7 Å². The first kappa shape index (κ1) is 24.3. The molecule has 2 unspecified atom stereocenters. The summed E-state index contributed by atoms with van der Waals surface area (Å²) in [6, 6.07) is 29.9. The minimum absolute atomic E-state index is 0.350. The van der Waals surface area contributed by atoms with E-state index in [1.54, 1.807) is 0 Å². The summed E-state index contributed by atoms with van der Waals surface area (Å²) < 4.78 is 31.4. The fourth-order valence-corrected chi connectivity index (χ4v) is 6.45. The van der Waals surface area contributed by atoms with Gasteiger partial charge in [0.25, 0.3) is 0 Å². The number of benzene rings is 3. The Balaban J connectivity index is 1.48. The summed E-state index contributed by atoms with van der Waals surface area (Å²) in [5.74, 6) is 2.65. The number of ether oxygens (including phenoxy) is 2. The second-order valence-corrected chi connectivity index (χ2v) is 11.0. The van der Waals surface area contributed by atoms with E-state index in [-0.39, 0.29) is 0 Å². The van der Waals surface area contributed by atoms with Gasteiger partial charge in [-0.25, -0.2) is 0 Å². The fourth-order valence-electron chi connectivity index (χ4n) is 3.96. The van der Waals surface area contributed by atoms with Crippen molar-refractivity contribution in [3.05, 3.63) is 91.0 Å². The molecule has 34 heavy (non-hydrogen) atoms. The first-order chi connectivity index (χ1) is 16.8. The van der Waals surface area contributed by atoms with Crippen LogP contribution < -0.4 is 13.3 Å². The largest absolute Gasteiger partial charge is 0.699 e. The molecule has 1 fully saturated rings. The van der Waals surface area contributed by atoms with Gasteiger partial charge in [-0.15, -0.1) is 0 Å². The van der Waals surface area contributed by atoms with Crippen molar-refractivity contribution < 1.29 is 22.8 Å². The highest BCUT2D eigenvalue weighted by Crippen LogP contribution is 2.28. The van der Waals surface area contributed by atoms with Crippen molar-refractivity contribution in [3.63, 3.8) is 0 Å².